The molecule has 16 heteroatoms. The van der Waals surface area contributed by atoms with Crippen molar-refractivity contribution in [3.8, 4) is 5.69 Å². The fourth-order valence-corrected chi connectivity index (χ4v) is 6.64. The Bertz CT molecular complexity index is 1430. The number of hydrogen-bond acceptors (Lipinski definition) is 7. The molecular weight excluding hydrogens is 565 g/mol. The number of aromatic carboxylic acids is 1. The number of aromatic nitrogens is 2. The molecule has 0 aliphatic carbocycles. The van der Waals surface area contributed by atoms with Crippen molar-refractivity contribution in [3.63, 3.8) is 0 Å². The number of nitrogens with zero attached hydrogens (tertiary/aromatic N) is 2. The van der Waals surface area contributed by atoms with E-state index in [-0.39, 0.29) is 43.4 Å². The van der Waals surface area contributed by atoms with Crippen LogP contribution in [0.1, 0.15) is 40.2 Å². The molecule has 0 fully saturated rings. The van der Waals surface area contributed by atoms with Crippen molar-refractivity contribution in [2.24, 2.45) is 0 Å². The summed E-state index contributed by atoms with van der Waals surface area (Å²) in [6.07, 6.45) is -7.64. The van der Waals surface area contributed by atoms with Gasteiger partial charge in [0.2, 0.25) is 0 Å². The number of carboxylic acid groups (broad SMARTS) is 1. The molecule has 0 atom stereocenters. The highest BCUT2D eigenvalue weighted by Crippen LogP contribution is 2.41. The summed E-state index contributed by atoms with van der Waals surface area (Å²) in [5.74, 6) is -6.58. The fourth-order valence-electron chi connectivity index (χ4n) is 3.24. The molecule has 0 saturated heterocycles. The Balaban J connectivity index is 1.93. The summed E-state index contributed by atoms with van der Waals surface area (Å²) in [5.41, 5.74) is -0.201. The van der Waals surface area contributed by atoms with Gasteiger partial charge in [0.25, 0.3) is 10.0 Å². The number of sulfonamides is 1. The number of thioether (sulfide) groups is 1. The summed E-state index contributed by atoms with van der Waals surface area (Å²) in [7, 11) is -4.20. The second-order valence-corrected chi connectivity index (χ2v) is 12.0. The summed E-state index contributed by atoms with van der Waals surface area (Å²) in [4.78, 5) is 27.7. The highest BCUT2D eigenvalue weighted by molar-refractivity contribution is 8.01. The Hall–Kier alpha value is -2.72. The molecule has 0 aromatic heterocycles. The van der Waals surface area contributed by atoms with Gasteiger partial charge in [0, 0.05) is 12.1 Å². The van der Waals surface area contributed by atoms with Gasteiger partial charge in [-0.1, -0.05) is 17.7 Å². The van der Waals surface area contributed by atoms with Gasteiger partial charge in [-0.2, -0.15) is 26.9 Å². The van der Waals surface area contributed by atoms with Crippen molar-refractivity contribution < 1.29 is 40.3 Å². The van der Waals surface area contributed by atoms with Crippen LogP contribution in [0.3, 0.4) is 0 Å². The second-order valence-electron chi connectivity index (χ2n) is 7.96. The first-order chi connectivity index (χ1) is 17.0. The third-order valence-corrected chi connectivity index (χ3v) is 9.15. The van der Waals surface area contributed by atoms with Crippen LogP contribution in [-0.4, -0.2) is 46.9 Å². The lowest BCUT2D eigenvalue weighted by Crippen LogP contribution is -2.36. The molecule has 2 aliphatic heterocycles. The Morgan fingerprint density at radius 1 is 1.14 bits per heavy atom. The maximum atomic E-state index is 13.1. The molecule has 3 rings (SSSR count). The summed E-state index contributed by atoms with van der Waals surface area (Å²) >= 11 is 1.60. The van der Waals surface area contributed by atoms with Crippen LogP contribution in [0.25, 0.3) is 5.69 Å². The third kappa shape index (κ3) is 6.23. The summed E-state index contributed by atoms with van der Waals surface area (Å²) in [5, 5.41) is 9.54. The predicted octanol–water partition coefficient (Wildman–Crippen LogP) is 5.31. The van der Waals surface area contributed by atoms with Crippen LogP contribution in [0.5, 0.6) is 0 Å². The van der Waals surface area contributed by atoms with E-state index < -0.39 is 46.6 Å². The van der Waals surface area contributed by atoms with Gasteiger partial charge in [0.05, 0.1) is 9.10 Å². The van der Waals surface area contributed by atoms with Crippen molar-refractivity contribution in [2.45, 2.75) is 54.3 Å². The first-order valence-electron chi connectivity index (χ1n) is 10.5. The van der Waals surface area contributed by atoms with Gasteiger partial charge in [-0.25, -0.2) is 18.0 Å². The van der Waals surface area contributed by atoms with Crippen molar-refractivity contribution in [1.29, 1.82) is 0 Å². The van der Waals surface area contributed by atoms with Crippen LogP contribution < -0.4 is 10.4 Å². The largest absolute Gasteiger partial charge is 0.477 e. The number of unbranched alkanes of at least 4 members (excludes halogenated alkanes) is 1. The van der Waals surface area contributed by atoms with Gasteiger partial charge < -0.3 is 5.11 Å². The number of carboxylic acids is 1. The monoisotopic (exact) mass is 585 g/mol. The first-order valence-corrected chi connectivity index (χ1v) is 13.8. The normalized spacial score (nSPS) is 12.7. The number of nitrogens with one attached hydrogen (secondary N) is 1. The lowest BCUT2D eigenvalue weighted by atomic mass is 10.1. The molecule has 0 radical (unpaired) electrons. The molecule has 37 heavy (non-hydrogen) atoms. The zero-order valence-corrected chi connectivity index (χ0v) is 21.7. The highest BCUT2D eigenvalue weighted by atomic mass is 32.2. The summed E-state index contributed by atoms with van der Waals surface area (Å²) in [6, 6.07) is 5.81. The van der Waals surface area contributed by atoms with Gasteiger partial charge in [0.15, 0.2) is 5.82 Å². The number of fused-ring (bicyclic) bond motifs is 1. The molecule has 0 unspecified atom stereocenters. The van der Waals surface area contributed by atoms with Crippen LogP contribution >= 0.6 is 23.1 Å². The smallest absolute Gasteiger partial charge is 0.453 e. The SMILES string of the molecule is Cc1ccc(S(=O)(=O)Nc2nc(=O)n3c(C)c(C(=O)O)sc(SCCCCC(F)(F)C(F)(F)F)c2-3)cc1. The van der Waals surface area contributed by atoms with E-state index in [1.165, 1.54) is 19.1 Å². The average Bonchev–Trinajstić information content (AvgIpc) is 3.09. The van der Waals surface area contributed by atoms with E-state index in [1.807, 2.05) is 0 Å². The minimum absolute atomic E-state index is 0.00819. The first kappa shape index (κ1) is 28.8. The Morgan fingerprint density at radius 2 is 1.76 bits per heavy atom. The van der Waals surface area contributed by atoms with Gasteiger partial charge in [-0.3, -0.25) is 9.29 Å². The molecular formula is C21H20F5N3O5S3. The number of carbonyl (C=O) groups is 1. The molecule has 0 amide bonds. The van der Waals surface area contributed by atoms with E-state index in [4.69, 9.17) is 0 Å². The molecule has 0 saturated carbocycles. The molecule has 0 bridgehead atoms. The van der Waals surface area contributed by atoms with Crippen molar-refractivity contribution in [1.82, 2.24) is 9.55 Å². The topological polar surface area (TPSA) is 118 Å². The molecule has 2 aliphatic rings. The zero-order chi connectivity index (χ0) is 27.8. The molecule has 2 heterocycles. The van der Waals surface area contributed by atoms with Crippen molar-refractivity contribution in [3.05, 3.63) is 50.9 Å². The van der Waals surface area contributed by atoms with E-state index in [0.29, 0.717) is 11.3 Å². The molecule has 1 aromatic rings. The number of alkyl halides is 5. The number of benzene rings is 1. The maximum Gasteiger partial charge on any atom is 0.453 e. The second kappa shape index (κ2) is 10.6. The predicted molar refractivity (Wildman–Crippen MR) is 128 cm³/mol. The van der Waals surface area contributed by atoms with Gasteiger partial charge in [0.1, 0.15) is 10.6 Å². The van der Waals surface area contributed by atoms with E-state index in [9.17, 15) is 45.1 Å². The Kier molecular flexibility index (Phi) is 8.24. The molecule has 0 spiro atoms. The number of halogens is 5. The van der Waals surface area contributed by atoms with Crippen LogP contribution in [0.15, 0.2) is 38.2 Å². The van der Waals surface area contributed by atoms with Gasteiger partial charge in [-0.05, 0) is 44.6 Å². The van der Waals surface area contributed by atoms with Crippen molar-refractivity contribution in [2.75, 3.05) is 10.5 Å². The molecule has 202 valence electrons. The van der Waals surface area contributed by atoms with E-state index >= 15 is 0 Å². The quantitative estimate of drug-likeness (QED) is 0.188. The number of imidazole rings is 1. The Morgan fingerprint density at radius 3 is 2.32 bits per heavy atom. The number of anilines is 1. The maximum absolute atomic E-state index is 13.1. The van der Waals surface area contributed by atoms with Crippen LogP contribution in [-0.2, 0) is 10.0 Å². The zero-order valence-electron chi connectivity index (χ0n) is 19.2. The van der Waals surface area contributed by atoms with Crippen molar-refractivity contribution >= 4 is 44.9 Å². The van der Waals surface area contributed by atoms with Crippen LogP contribution in [0, 0.1) is 13.8 Å². The van der Waals surface area contributed by atoms with Crippen LogP contribution in [0.4, 0.5) is 27.8 Å². The summed E-state index contributed by atoms with van der Waals surface area (Å²) in [6.45, 7) is 3.09. The lowest BCUT2D eigenvalue weighted by molar-refractivity contribution is -0.284. The number of rotatable bonds is 10. The van der Waals surface area contributed by atoms with E-state index in [1.54, 1.807) is 19.1 Å². The molecule has 1 aromatic carbocycles. The minimum atomic E-state index is -5.66. The minimum Gasteiger partial charge on any atom is -0.477 e. The standard InChI is InChI=1S/C21H20F5N3O5S3/c1-11-5-7-13(8-6-11)37(33,34)28-16-14-18(35-10-4-3-9-20(22,23)21(24,25)26)36-15(17(30)31)12(2)29(14)19(32)27-16/h5-8H,3-4,9-10H2,1-2H3,(H,30,31)(H,27,28,32). The molecule has 2 N–H and O–H groups in total. The average molecular weight is 586 g/mol. The number of aryl methyl sites for hydroxylation is 1. The van der Waals surface area contributed by atoms with Gasteiger partial charge in [-0.15, -0.1) is 23.1 Å². The fraction of sp³-hybridized carbons (Fsp3) is 0.381. The van der Waals surface area contributed by atoms with Crippen LogP contribution in [0.2, 0.25) is 0 Å². The Labute approximate surface area is 215 Å². The third-order valence-electron chi connectivity index (χ3n) is 5.19. The highest BCUT2D eigenvalue weighted by Gasteiger charge is 2.56. The van der Waals surface area contributed by atoms with Gasteiger partial charge >= 0.3 is 23.8 Å². The van der Waals surface area contributed by atoms with E-state index in [2.05, 4.69) is 9.71 Å². The lowest BCUT2D eigenvalue weighted by Gasteiger charge is -2.19. The summed E-state index contributed by atoms with van der Waals surface area (Å²) < 4.78 is 92.4. The molecule has 8 nitrogen and oxygen atoms in total. The van der Waals surface area contributed by atoms with E-state index in [0.717, 1.165) is 21.9 Å². The number of hydrogen-bond donors (Lipinski definition) is 2.